The fraction of sp³-hybridized carbons (Fsp3) is 0.400. The quantitative estimate of drug-likeness (QED) is 0.898. The second-order valence-corrected chi connectivity index (χ2v) is 4.82. The van der Waals surface area contributed by atoms with Gasteiger partial charge in [0, 0.05) is 18.1 Å². The van der Waals surface area contributed by atoms with Gasteiger partial charge < -0.3 is 10.1 Å². The number of nitrogens with zero attached hydrogens (tertiary/aromatic N) is 1. The topological polar surface area (TPSA) is 34.1 Å². The van der Waals surface area contributed by atoms with Crippen LogP contribution in [-0.4, -0.2) is 24.2 Å². The lowest BCUT2D eigenvalue weighted by Gasteiger charge is -2.23. The van der Waals surface area contributed by atoms with Crippen molar-refractivity contribution in [2.45, 2.75) is 25.6 Å². The van der Waals surface area contributed by atoms with Crippen LogP contribution in [-0.2, 0) is 11.3 Å². The number of fused-ring (bicyclic) bond motifs is 1. The van der Waals surface area contributed by atoms with E-state index in [1.54, 1.807) is 0 Å². The Kier molecular flexibility index (Phi) is 3.53. The van der Waals surface area contributed by atoms with Crippen molar-refractivity contribution in [2.75, 3.05) is 13.1 Å². The van der Waals surface area contributed by atoms with Crippen LogP contribution in [0, 0.1) is 0 Å². The van der Waals surface area contributed by atoms with Crippen LogP contribution in [0.1, 0.15) is 18.4 Å². The van der Waals surface area contributed by atoms with E-state index in [0.29, 0.717) is 12.7 Å². The maximum absolute atomic E-state index is 5.92. The third kappa shape index (κ3) is 2.68. The molecule has 18 heavy (non-hydrogen) atoms. The molecule has 0 aliphatic carbocycles. The third-order valence-electron chi connectivity index (χ3n) is 3.38. The Hall–Kier alpha value is -1.45. The lowest BCUT2D eigenvalue weighted by molar-refractivity contribution is 0.0252. The molecule has 1 aromatic carbocycles. The van der Waals surface area contributed by atoms with E-state index in [-0.39, 0.29) is 0 Å². The largest absolute Gasteiger partial charge is 0.372 e. The molecule has 2 aromatic rings. The van der Waals surface area contributed by atoms with Crippen LogP contribution in [0.3, 0.4) is 0 Å². The van der Waals surface area contributed by atoms with Crippen molar-refractivity contribution in [3.63, 3.8) is 0 Å². The number of nitrogens with one attached hydrogen (secondary N) is 1. The van der Waals surface area contributed by atoms with Gasteiger partial charge >= 0.3 is 0 Å². The van der Waals surface area contributed by atoms with E-state index in [2.05, 4.69) is 22.4 Å². The second kappa shape index (κ2) is 5.46. The lowest BCUT2D eigenvalue weighted by Crippen LogP contribution is -2.35. The minimum atomic E-state index is 0.352. The summed E-state index contributed by atoms with van der Waals surface area (Å²) in [4.78, 5) is 4.45. The number of ether oxygens (including phenoxy) is 1. The molecule has 0 radical (unpaired) electrons. The Morgan fingerprint density at radius 1 is 1.33 bits per heavy atom. The molecule has 1 unspecified atom stereocenters. The van der Waals surface area contributed by atoms with Crippen LogP contribution >= 0.6 is 0 Å². The highest BCUT2D eigenvalue weighted by Gasteiger charge is 2.13. The summed E-state index contributed by atoms with van der Waals surface area (Å²) in [5.74, 6) is 0. The zero-order valence-corrected chi connectivity index (χ0v) is 10.4. The van der Waals surface area contributed by atoms with Gasteiger partial charge in [-0.05, 0) is 37.1 Å². The molecule has 3 rings (SSSR count). The summed E-state index contributed by atoms with van der Waals surface area (Å²) < 4.78 is 5.92. The van der Waals surface area contributed by atoms with Gasteiger partial charge in [0.25, 0.3) is 0 Å². The molecule has 1 aliphatic rings. The molecule has 2 heterocycles. The minimum Gasteiger partial charge on any atom is -0.372 e. The summed E-state index contributed by atoms with van der Waals surface area (Å²) in [7, 11) is 0. The predicted octanol–water partition coefficient (Wildman–Crippen LogP) is 2.50. The SMILES string of the molecule is c1ccc2ncc(COC3CCCNC3)cc2c1. The number of hydrogen-bond donors (Lipinski definition) is 1. The van der Waals surface area contributed by atoms with Crippen LogP contribution in [0.4, 0.5) is 0 Å². The molecule has 94 valence electrons. The number of piperidine rings is 1. The molecule has 0 spiro atoms. The fourth-order valence-electron chi connectivity index (χ4n) is 2.37. The van der Waals surface area contributed by atoms with E-state index < -0.39 is 0 Å². The van der Waals surface area contributed by atoms with Crippen molar-refractivity contribution in [3.05, 3.63) is 42.1 Å². The van der Waals surface area contributed by atoms with Crippen molar-refractivity contribution < 1.29 is 4.74 Å². The molecule has 0 bridgehead atoms. The summed E-state index contributed by atoms with van der Waals surface area (Å²) in [6.45, 7) is 2.75. The number of para-hydroxylation sites is 1. The van der Waals surface area contributed by atoms with Crippen molar-refractivity contribution in [1.82, 2.24) is 10.3 Å². The van der Waals surface area contributed by atoms with Gasteiger partial charge in [-0.25, -0.2) is 0 Å². The average molecular weight is 242 g/mol. The van der Waals surface area contributed by atoms with Crippen molar-refractivity contribution in [2.24, 2.45) is 0 Å². The molecule has 0 saturated carbocycles. The summed E-state index contributed by atoms with van der Waals surface area (Å²) >= 11 is 0. The zero-order chi connectivity index (χ0) is 12.2. The average Bonchev–Trinajstić information content (AvgIpc) is 2.46. The van der Waals surface area contributed by atoms with E-state index in [1.165, 1.54) is 11.8 Å². The van der Waals surface area contributed by atoms with Gasteiger partial charge in [-0.15, -0.1) is 0 Å². The van der Waals surface area contributed by atoms with Gasteiger partial charge in [-0.1, -0.05) is 18.2 Å². The van der Waals surface area contributed by atoms with Gasteiger partial charge in [0.2, 0.25) is 0 Å². The van der Waals surface area contributed by atoms with Gasteiger partial charge in [0.05, 0.1) is 18.2 Å². The van der Waals surface area contributed by atoms with Crippen molar-refractivity contribution >= 4 is 10.9 Å². The second-order valence-electron chi connectivity index (χ2n) is 4.82. The number of aromatic nitrogens is 1. The fourth-order valence-corrected chi connectivity index (χ4v) is 2.37. The maximum atomic E-state index is 5.92. The normalized spacial score (nSPS) is 20.1. The number of benzene rings is 1. The van der Waals surface area contributed by atoms with E-state index in [9.17, 15) is 0 Å². The molecular weight excluding hydrogens is 224 g/mol. The van der Waals surface area contributed by atoms with Crippen LogP contribution in [0.15, 0.2) is 36.5 Å². The molecule has 3 nitrogen and oxygen atoms in total. The molecule has 1 saturated heterocycles. The first-order chi connectivity index (χ1) is 8.92. The molecule has 1 aliphatic heterocycles. The molecule has 1 N–H and O–H groups in total. The van der Waals surface area contributed by atoms with Crippen LogP contribution < -0.4 is 5.32 Å². The smallest absolute Gasteiger partial charge is 0.0736 e. The van der Waals surface area contributed by atoms with Crippen LogP contribution in [0.25, 0.3) is 10.9 Å². The monoisotopic (exact) mass is 242 g/mol. The number of pyridine rings is 1. The number of hydrogen-bond acceptors (Lipinski definition) is 3. The highest BCUT2D eigenvalue weighted by molar-refractivity contribution is 5.78. The summed E-state index contributed by atoms with van der Waals surface area (Å²) in [5.41, 5.74) is 2.19. The van der Waals surface area contributed by atoms with Crippen molar-refractivity contribution in [1.29, 1.82) is 0 Å². The Balaban J connectivity index is 1.66. The Bertz CT molecular complexity index is 521. The van der Waals surface area contributed by atoms with Gasteiger partial charge in [-0.3, -0.25) is 4.98 Å². The van der Waals surface area contributed by atoms with Crippen LogP contribution in [0.5, 0.6) is 0 Å². The number of rotatable bonds is 3. The molecule has 1 atom stereocenters. The molecule has 1 aromatic heterocycles. The first kappa shape index (κ1) is 11.6. The van der Waals surface area contributed by atoms with Crippen LogP contribution in [0.2, 0.25) is 0 Å². The van der Waals surface area contributed by atoms with Gasteiger partial charge in [0.1, 0.15) is 0 Å². The first-order valence-electron chi connectivity index (χ1n) is 6.58. The van der Waals surface area contributed by atoms with E-state index in [0.717, 1.165) is 30.6 Å². The van der Waals surface area contributed by atoms with Gasteiger partial charge in [-0.2, -0.15) is 0 Å². The van der Waals surface area contributed by atoms with E-state index >= 15 is 0 Å². The van der Waals surface area contributed by atoms with E-state index in [1.807, 2.05) is 24.4 Å². The molecule has 0 amide bonds. The standard InChI is InChI=1S/C15H18N2O/c1-2-6-15-13(4-1)8-12(9-17-15)11-18-14-5-3-7-16-10-14/h1-2,4,6,8-9,14,16H,3,5,7,10-11H2. The summed E-state index contributed by atoms with van der Waals surface area (Å²) in [6.07, 6.45) is 4.64. The summed E-state index contributed by atoms with van der Waals surface area (Å²) in [6, 6.07) is 10.3. The predicted molar refractivity (Wildman–Crippen MR) is 72.4 cm³/mol. The zero-order valence-electron chi connectivity index (χ0n) is 10.4. The van der Waals surface area contributed by atoms with Gasteiger partial charge in [0.15, 0.2) is 0 Å². The summed E-state index contributed by atoms with van der Waals surface area (Å²) in [5, 5.41) is 4.54. The van der Waals surface area contributed by atoms with E-state index in [4.69, 9.17) is 4.74 Å². The first-order valence-corrected chi connectivity index (χ1v) is 6.58. The maximum Gasteiger partial charge on any atom is 0.0736 e. The van der Waals surface area contributed by atoms with Crippen molar-refractivity contribution in [3.8, 4) is 0 Å². The Morgan fingerprint density at radius 2 is 2.28 bits per heavy atom. The highest BCUT2D eigenvalue weighted by atomic mass is 16.5. The molecule has 1 fully saturated rings. The highest BCUT2D eigenvalue weighted by Crippen LogP contribution is 2.15. The Labute approximate surface area is 107 Å². The third-order valence-corrected chi connectivity index (χ3v) is 3.38. The molecule has 3 heteroatoms. The minimum absolute atomic E-state index is 0.352. The lowest BCUT2D eigenvalue weighted by atomic mass is 10.1. The Morgan fingerprint density at radius 3 is 3.17 bits per heavy atom. The molecular formula is C15H18N2O.